The number of piperidine rings is 1. The Kier molecular flexibility index (Phi) is 7.32. The fraction of sp³-hybridized carbons (Fsp3) is 0.607. The summed E-state index contributed by atoms with van der Waals surface area (Å²) in [4.78, 5) is 27.9. The quantitative estimate of drug-likeness (QED) is 0.591. The first-order valence-corrected chi connectivity index (χ1v) is 13.6. The van der Waals surface area contributed by atoms with Crippen LogP contribution in [-0.4, -0.2) is 101 Å². The number of aromatic nitrogens is 2. The van der Waals surface area contributed by atoms with Crippen molar-refractivity contribution in [3.8, 4) is 11.5 Å². The van der Waals surface area contributed by atoms with Crippen molar-refractivity contribution in [3.05, 3.63) is 30.2 Å². The van der Waals surface area contributed by atoms with Crippen LogP contribution in [0.3, 0.4) is 0 Å². The predicted octanol–water partition coefficient (Wildman–Crippen LogP) is 3.34. The number of benzene rings is 1. The molecule has 2 aromatic rings. The largest absolute Gasteiger partial charge is 0.485 e. The van der Waals surface area contributed by atoms with Crippen LogP contribution in [0.15, 0.2) is 24.4 Å². The van der Waals surface area contributed by atoms with Gasteiger partial charge < -0.3 is 29.9 Å². The average Bonchev–Trinajstić information content (AvgIpc) is 2.88. The van der Waals surface area contributed by atoms with Crippen molar-refractivity contribution in [1.82, 2.24) is 24.7 Å². The fourth-order valence-electron chi connectivity index (χ4n) is 5.83. The van der Waals surface area contributed by atoms with Crippen molar-refractivity contribution in [3.63, 3.8) is 0 Å². The second-order valence-electron chi connectivity index (χ2n) is 12.2. The first-order chi connectivity index (χ1) is 18.4. The number of piperazine rings is 1. The molecular weight excluding hydrogens is 501 g/mol. The zero-order valence-corrected chi connectivity index (χ0v) is 23.8. The second kappa shape index (κ2) is 10.4. The number of rotatable bonds is 5. The standard InChI is InChI=1S/C28H40FN7O3/c1-27(2)14-19(15-28(3,4)35(27)6)31-24-20(29)16-30-26(33-24)32-18-7-8-21-22(13-18)38-17-23(39-21)25(37)36-11-9-34(5)10-12-36/h7-8,13,16,19,23H,9-12,14-15,17H2,1-6H3,(H2,30,31,32,33). The molecule has 0 saturated carbocycles. The van der Waals surface area contributed by atoms with Crippen molar-refractivity contribution < 1.29 is 18.7 Å². The number of anilines is 3. The van der Waals surface area contributed by atoms with Crippen LogP contribution in [0.5, 0.6) is 11.5 Å². The number of likely N-dealkylation sites (tertiary alicyclic amines) is 1. The Morgan fingerprint density at radius 1 is 1.05 bits per heavy atom. The highest BCUT2D eigenvalue weighted by molar-refractivity contribution is 5.82. The number of nitrogens with one attached hydrogen (secondary N) is 2. The smallest absolute Gasteiger partial charge is 0.267 e. The van der Waals surface area contributed by atoms with Gasteiger partial charge in [-0.05, 0) is 66.8 Å². The van der Waals surface area contributed by atoms with Crippen LogP contribution in [0.1, 0.15) is 40.5 Å². The van der Waals surface area contributed by atoms with Crippen molar-refractivity contribution >= 4 is 23.4 Å². The van der Waals surface area contributed by atoms with Gasteiger partial charge in [0.05, 0.1) is 6.20 Å². The number of amides is 1. The molecule has 11 heteroatoms. The number of halogens is 1. The van der Waals surface area contributed by atoms with Crippen LogP contribution in [-0.2, 0) is 4.79 Å². The number of fused-ring (bicyclic) bond motifs is 1. The van der Waals surface area contributed by atoms with Gasteiger partial charge in [-0.2, -0.15) is 4.98 Å². The maximum Gasteiger partial charge on any atom is 0.267 e. The van der Waals surface area contributed by atoms with Gasteiger partial charge in [0.15, 0.2) is 23.1 Å². The van der Waals surface area contributed by atoms with E-state index in [9.17, 15) is 9.18 Å². The van der Waals surface area contributed by atoms with Crippen molar-refractivity contribution in [2.24, 2.45) is 0 Å². The van der Waals surface area contributed by atoms with Crippen LogP contribution in [0.25, 0.3) is 0 Å². The van der Waals surface area contributed by atoms with E-state index in [-0.39, 0.29) is 41.4 Å². The lowest BCUT2D eigenvalue weighted by Gasteiger charge is -2.53. The molecule has 2 fully saturated rings. The maximum atomic E-state index is 14.7. The Labute approximate surface area is 229 Å². The summed E-state index contributed by atoms with van der Waals surface area (Å²) in [5.41, 5.74) is 0.590. The molecule has 212 valence electrons. The predicted molar refractivity (Wildman–Crippen MR) is 148 cm³/mol. The lowest BCUT2D eigenvalue weighted by atomic mass is 9.77. The summed E-state index contributed by atoms with van der Waals surface area (Å²) >= 11 is 0. The van der Waals surface area contributed by atoms with Crippen molar-refractivity contribution in [2.45, 2.75) is 63.8 Å². The molecule has 2 N–H and O–H groups in total. The lowest BCUT2D eigenvalue weighted by molar-refractivity contribution is -0.142. The van der Waals surface area contributed by atoms with E-state index < -0.39 is 11.9 Å². The zero-order chi connectivity index (χ0) is 27.9. The van der Waals surface area contributed by atoms with Gasteiger partial charge in [-0.25, -0.2) is 9.37 Å². The van der Waals surface area contributed by atoms with Gasteiger partial charge in [-0.3, -0.25) is 9.69 Å². The third-order valence-electron chi connectivity index (χ3n) is 8.34. The molecule has 0 aliphatic carbocycles. The molecule has 4 heterocycles. The van der Waals surface area contributed by atoms with Crippen LogP contribution in [0.2, 0.25) is 0 Å². The highest BCUT2D eigenvalue weighted by atomic mass is 19.1. The number of carbonyl (C=O) groups excluding carboxylic acids is 1. The maximum absolute atomic E-state index is 14.7. The molecule has 1 aromatic heterocycles. The molecule has 10 nitrogen and oxygen atoms in total. The SMILES string of the molecule is CN1CCN(C(=O)C2COc3cc(Nc4ncc(F)c(NC5CC(C)(C)N(C)C(C)(C)C5)n4)ccc3O2)CC1. The molecule has 0 radical (unpaired) electrons. The Morgan fingerprint density at radius 3 is 2.44 bits per heavy atom. The van der Waals surface area contributed by atoms with Gasteiger partial charge in [0.25, 0.3) is 5.91 Å². The summed E-state index contributed by atoms with van der Waals surface area (Å²) in [6, 6.07) is 5.40. The van der Waals surface area contributed by atoms with Gasteiger partial charge in [0, 0.05) is 55.1 Å². The fourth-order valence-corrected chi connectivity index (χ4v) is 5.83. The number of hydrogen-bond acceptors (Lipinski definition) is 9. The topological polar surface area (TPSA) is 95.1 Å². The summed E-state index contributed by atoms with van der Waals surface area (Å²) in [5, 5.41) is 6.46. The summed E-state index contributed by atoms with van der Waals surface area (Å²) in [6.07, 6.45) is 2.23. The van der Waals surface area contributed by atoms with Crippen LogP contribution < -0.4 is 20.1 Å². The van der Waals surface area contributed by atoms with E-state index in [1.807, 2.05) is 4.90 Å². The summed E-state index contributed by atoms with van der Waals surface area (Å²) < 4.78 is 26.6. The lowest BCUT2D eigenvalue weighted by Crippen LogP contribution is -2.61. The number of hydrogen-bond donors (Lipinski definition) is 2. The number of carbonyl (C=O) groups is 1. The minimum atomic E-state index is -0.664. The van der Waals surface area contributed by atoms with Crippen LogP contribution in [0.4, 0.5) is 21.8 Å². The van der Waals surface area contributed by atoms with E-state index in [1.54, 1.807) is 18.2 Å². The molecule has 1 aromatic carbocycles. The number of ether oxygens (including phenoxy) is 2. The van der Waals surface area contributed by atoms with Gasteiger partial charge in [-0.1, -0.05) is 0 Å². The Bertz CT molecular complexity index is 1200. The summed E-state index contributed by atoms with van der Waals surface area (Å²) in [6.45, 7) is 12.0. The minimum Gasteiger partial charge on any atom is -0.485 e. The van der Waals surface area contributed by atoms with E-state index >= 15 is 0 Å². The third kappa shape index (κ3) is 5.89. The third-order valence-corrected chi connectivity index (χ3v) is 8.34. The molecule has 5 rings (SSSR count). The molecule has 1 amide bonds. The zero-order valence-electron chi connectivity index (χ0n) is 23.8. The van der Waals surface area contributed by atoms with Crippen LogP contribution in [0, 0.1) is 5.82 Å². The van der Waals surface area contributed by atoms with E-state index in [0.717, 1.165) is 25.9 Å². The summed E-state index contributed by atoms with van der Waals surface area (Å²) in [5.74, 6) is 0.940. The Balaban J connectivity index is 1.24. The second-order valence-corrected chi connectivity index (χ2v) is 12.2. The summed E-state index contributed by atoms with van der Waals surface area (Å²) in [7, 11) is 4.19. The molecule has 3 aliphatic heterocycles. The Hall–Kier alpha value is -3.18. The highest BCUT2D eigenvalue weighted by Crippen LogP contribution is 2.38. The monoisotopic (exact) mass is 541 g/mol. The molecule has 39 heavy (non-hydrogen) atoms. The average molecular weight is 542 g/mol. The molecule has 1 unspecified atom stereocenters. The number of nitrogens with zero attached hydrogens (tertiary/aromatic N) is 5. The Morgan fingerprint density at radius 2 is 1.74 bits per heavy atom. The van der Waals surface area contributed by atoms with Gasteiger partial charge >= 0.3 is 0 Å². The van der Waals surface area contributed by atoms with Crippen molar-refractivity contribution in [2.75, 3.05) is 57.5 Å². The van der Waals surface area contributed by atoms with Crippen molar-refractivity contribution in [1.29, 1.82) is 0 Å². The molecular formula is C28H40FN7O3. The molecule has 0 spiro atoms. The minimum absolute atomic E-state index is 0.0384. The van der Waals surface area contributed by atoms with Gasteiger partial charge in [0.1, 0.15) is 6.61 Å². The van der Waals surface area contributed by atoms with E-state index in [0.29, 0.717) is 30.3 Å². The first kappa shape index (κ1) is 27.4. The first-order valence-electron chi connectivity index (χ1n) is 13.6. The highest BCUT2D eigenvalue weighted by Gasteiger charge is 2.43. The molecule has 1 atom stereocenters. The van der Waals surface area contributed by atoms with E-state index in [4.69, 9.17) is 9.47 Å². The molecule has 0 bridgehead atoms. The van der Waals surface area contributed by atoms with E-state index in [2.05, 4.69) is 72.2 Å². The van der Waals surface area contributed by atoms with Gasteiger partial charge in [-0.15, -0.1) is 0 Å². The van der Waals surface area contributed by atoms with E-state index in [1.165, 1.54) is 6.20 Å². The van der Waals surface area contributed by atoms with Crippen LogP contribution >= 0.6 is 0 Å². The molecule has 3 aliphatic rings. The molecule has 2 saturated heterocycles. The van der Waals surface area contributed by atoms with Gasteiger partial charge in [0.2, 0.25) is 12.1 Å². The normalized spacial score (nSPS) is 23.4. The number of likely N-dealkylation sites (N-methyl/N-ethyl adjacent to an activating group) is 1.